The summed E-state index contributed by atoms with van der Waals surface area (Å²) in [5.74, 6) is 0.984. The Morgan fingerprint density at radius 2 is 1.94 bits per heavy atom. The van der Waals surface area contributed by atoms with E-state index in [2.05, 4.69) is 26.0 Å². The van der Waals surface area contributed by atoms with Crippen LogP contribution in [-0.4, -0.2) is 17.4 Å². The van der Waals surface area contributed by atoms with Crippen molar-refractivity contribution in [3.05, 3.63) is 35.9 Å². The van der Waals surface area contributed by atoms with Crippen LogP contribution in [0.15, 0.2) is 30.3 Å². The number of likely N-dealkylation sites (tertiary alicyclic amines) is 1. The lowest BCUT2D eigenvalue weighted by molar-refractivity contribution is -0.132. The molecule has 92 valence electrons. The lowest BCUT2D eigenvalue weighted by Crippen LogP contribution is -2.33. The van der Waals surface area contributed by atoms with Gasteiger partial charge in [-0.25, -0.2) is 0 Å². The molecule has 0 bridgehead atoms. The maximum atomic E-state index is 12.1. The minimum absolute atomic E-state index is 0.203. The summed E-state index contributed by atoms with van der Waals surface area (Å²) in [5, 5.41) is 0. The number of rotatable bonds is 2. The van der Waals surface area contributed by atoms with Crippen molar-refractivity contribution in [1.82, 2.24) is 4.90 Å². The largest absolute Gasteiger partial charge is 0.336 e. The average Bonchev–Trinajstić information content (AvgIpc) is 2.52. The number of carbonyl (C=O) groups excluding carboxylic acids is 1. The monoisotopic (exact) mass is 231 g/mol. The fraction of sp³-hybridized carbons (Fsp3) is 0.533. The molecule has 2 atom stereocenters. The molecule has 1 amide bonds. The summed E-state index contributed by atoms with van der Waals surface area (Å²) in [4.78, 5) is 14.1. The quantitative estimate of drug-likeness (QED) is 0.764. The molecule has 1 aromatic rings. The first-order chi connectivity index (χ1) is 8.18. The number of amides is 1. The van der Waals surface area contributed by atoms with Gasteiger partial charge in [-0.2, -0.15) is 0 Å². The standard InChI is InChI=1S/C15H21NO/c1-12-8-9-15(17)16(11-10-12)13(2)14-6-4-3-5-7-14/h3-7,12-13H,8-11H2,1-2H3/t12-,13+/m1/s1. The zero-order chi connectivity index (χ0) is 12.3. The lowest BCUT2D eigenvalue weighted by atomic mass is 10.0. The summed E-state index contributed by atoms with van der Waals surface area (Å²) in [7, 11) is 0. The van der Waals surface area contributed by atoms with Gasteiger partial charge in [0.1, 0.15) is 0 Å². The molecule has 1 aromatic carbocycles. The van der Waals surface area contributed by atoms with Gasteiger partial charge in [0, 0.05) is 13.0 Å². The van der Waals surface area contributed by atoms with Gasteiger partial charge in [0.05, 0.1) is 6.04 Å². The molecule has 0 spiro atoms. The molecule has 1 heterocycles. The van der Waals surface area contributed by atoms with Crippen molar-refractivity contribution < 1.29 is 4.79 Å². The zero-order valence-electron chi connectivity index (χ0n) is 10.7. The van der Waals surface area contributed by atoms with Crippen LogP contribution in [0, 0.1) is 5.92 Å². The third kappa shape index (κ3) is 2.87. The van der Waals surface area contributed by atoms with Gasteiger partial charge in [-0.05, 0) is 31.2 Å². The molecule has 2 rings (SSSR count). The van der Waals surface area contributed by atoms with Crippen LogP contribution in [0.1, 0.15) is 44.7 Å². The summed E-state index contributed by atoms with van der Waals surface area (Å²) >= 11 is 0. The van der Waals surface area contributed by atoms with Crippen LogP contribution in [0.5, 0.6) is 0 Å². The predicted molar refractivity (Wildman–Crippen MR) is 69.6 cm³/mol. The predicted octanol–water partition coefficient (Wildman–Crippen LogP) is 3.40. The molecule has 1 fully saturated rings. The Morgan fingerprint density at radius 3 is 2.65 bits per heavy atom. The fourth-order valence-corrected chi connectivity index (χ4v) is 2.46. The normalized spacial score (nSPS) is 23.3. The molecule has 2 heteroatoms. The Morgan fingerprint density at radius 1 is 1.24 bits per heavy atom. The molecular formula is C15H21NO. The molecule has 17 heavy (non-hydrogen) atoms. The van der Waals surface area contributed by atoms with Gasteiger partial charge < -0.3 is 4.90 Å². The first kappa shape index (κ1) is 12.2. The minimum atomic E-state index is 0.203. The van der Waals surface area contributed by atoms with Crippen molar-refractivity contribution in [2.24, 2.45) is 5.92 Å². The topological polar surface area (TPSA) is 20.3 Å². The first-order valence-corrected chi connectivity index (χ1v) is 6.53. The van der Waals surface area contributed by atoms with E-state index in [9.17, 15) is 4.79 Å². The van der Waals surface area contributed by atoms with E-state index in [4.69, 9.17) is 0 Å². The van der Waals surface area contributed by atoms with Crippen molar-refractivity contribution >= 4 is 5.91 Å². The second-order valence-corrected chi connectivity index (χ2v) is 5.11. The van der Waals surface area contributed by atoms with E-state index < -0.39 is 0 Å². The molecule has 1 saturated heterocycles. The minimum Gasteiger partial charge on any atom is -0.336 e. The fourth-order valence-electron chi connectivity index (χ4n) is 2.46. The van der Waals surface area contributed by atoms with Crippen LogP contribution >= 0.6 is 0 Å². The molecular weight excluding hydrogens is 210 g/mol. The Bertz CT molecular complexity index is 374. The molecule has 0 unspecified atom stereocenters. The van der Waals surface area contributed by atoms with Crippen LogP contribution < -0.4 is 0 Å². The third-order valence-corrected chi connectivity index (χ3v) is 3.78. The summed E-state index contributed by atoms with van der Waals surface area (Å²) < 4.78 is 0. The van der Waals surface area contributed by atoms with E-state index in [1.165, 1.54) is 5.56 Å². The van der Waals surface area contributed by atoms with Gasteiger partial charge in [0.15, 0.2) is 0 Å². The molecule has 0 N–H and O–H groups in total. The number of nitrogens with zero attached hydrogens (tertiary/aromatic N) is 1. The van der Waals surface area contributed by atoms with Gasteiger partial charge in [-0.3, -0.25) is 4.79 Å². The van der Waals surface area contributed by atoms with Crippen molar-refractivity contribution in [3.8, 4) is 0 Å². The van der Waals surface area contributed by atoms with Crippen LogP contribution in [0.2, 0.25) is 0 Å². The molecule has 0 saturated carbocycles. The highest BCUT2D eigenvalue weighted by atomic mass is 16.2. The van der Waals surface area contributed by atoms with Crippen molar-refractivity contribution in [1.29, 1.82) is 0 Å². The van der Waals surface area contributed by atoms with E-state index in [-0.39, 0.29) is 6.04 Å². The molecule has 0 radical (unpaired) electrons. The van der Waals surface area contributed by atoms with E-state index in [0.29, 0.717) is 18.2 Å². The van der Waals surface area contributed by atoms with E-state index >= 15 is 0 Å². The van der Waals surface area contributed by atoms with Crippen LogP contribution in [-0.2, 0) is 4.79 Å². The molecule has 1 aliphatic rings. The van der Waals surface area contributed by atoms with Crippen LogP contribution in [0.25, 0.3) is 0 Å². The number of benzene rings is 1. The van der Waals surface area contributed by atoms with Crippen LogP contribution in [0.4, 0.5) is 0 Å². The summed E-state index contributed by atoms with van der Waals surface area (Å²) in [6.07, 6.45) is 2.87. The number of hydrogen-bond acceptors (Lipinski definition) is 1. The van der Waals surface area contributed by atoms with Crippen LogP contribution in [0.3, 0.4) is 0 Å². The Balaban J connectivity index is 2.13. The maximum Gasteiger partial charge on any atom is 0.223 e. The summed E-state index contributed by atoms with van der Waals surface area (Å²) in [5.41, 5.74) is 1.23. The number of carbonyl (C=O) groups is 1. The molecule has 0 aromatic heterocycles. The van der Waals surface area contributed by atoms with Gasteiger partial charge >= 0.3 is 0 Å². The highest BCUT2D eigenvalue weighted by Gasteiger charge is 2.24. The van der Waals surface area contributed by atoms with E-state index in [0.717, 1.165) is 19.4 Å². The van der Waals surface area contributed by atoms with Crippen molar-refractivity contribution in [2.45, 2.75) is 39.2 Å². The van der Waals surface area contributed by atoms with Crippen molar-refractivity contribution in [3.63, 3.8) is 0 Å². The smallest absolute Gasteiger partial charge is 0.223 e. The highest BCUT2D eigenvalue weighted by Crippen LogP contribution is 2.26. The highest BCUT2D eigenvalue weighted by molar-refractivity contribution is 5.77. The van der Waals surface area contributed by atoms with E-state index in [1.807, 2.05) is 23.1 Å². The first-order valence-electron chi connectivity index (χ1n) is 6.53. The lowest BCUT2D eigenvalue weighted by Gasteiger charge is -2.28. The second kappa shape index (κ2) is 5.35. The number of hydrogen-bond donors (Lipinski definition) is 0. The average molecular weight is 231 g/mol. The summed E-state index contributed by atoms with van der Waals surface area (Å²) in [6.45, 7) is 5.27. The molecule has 0 aliphatic carbocycles. The second-order valence-electron chi connectivity index (χ2n) is 5.11. The Hall–Kier alpha value is -1.31. The SMILES string of the molecule is C[C@@H]1CCC(=O)N([C@@H](C)c2ccccc2)CC1. The van der Waals surface area contributed by atoms with Gasteiger partial charge in [0.25, 0.3) is 0 Å². The summed E-state index contributed by atoms with van der Waals surface area (Å²) in [6, 6.07) is 10.5. The van der Waals surface area contributed by atoms with E-state index in [1.54, 1.807) is 0 Å². The van der Waals surface area contributed by atoms with Crippen molar-refractivity contribution in [2.75, 3.05) is 6.54 Å². The Kier molecular flexibility index (Phi) is 3.82. The third-order valence-electron chi connectivity index (χ3n) is 3.78. The maximum absolute atomic E-state index is 12.1. The van der Waals surface area contributed by atoms with Gasteiger partial charge in [0.2, 0.25) is 5.91 Å². The molecule has 1 aliphatic heterocycles. The molecule has 2 nitrogen and oxygen atoms in total. The Labute approximate surface area is 104 Å². The van der Waals surface area contributed by atoms with Gasteiger partial charge in [-0.15, -0.1) is 0 Å². The zero-order valence-corrected chi connectivity index (χ0v) is 10.7. The van der Waals surface area contributed by atoms with Gasteiger partial charge in [-0.1, -0.05) is 37.3 Å².